The highest BCUT2D eigenvalue weighted by Gasteiger charge is 2.09. The smallest absolute Gasteiger partial charge is 0.337 e. The molecule has 0 radical (unpaired) electrons. The fourth-order valence-electron chi connectivity index (χ4n) is 2.43. The zero-order valence-electron chi connectivity index (χ0n) is 14.6. The molecule has 0 fully saturated rings. The molecule has 0 aliphatic carbocycles. The molecule has 0 unspecified atom stereocenters. The summed E-state index contributed by atoms with van der Waals surface area (Å²) in [7, 11) is 3.26. The summed E-state index contributed by atoms with van der Waals surface area (Å²) in [6, 6.07) is 17.1. The monoisotopic (exact) mass is 349 g/mol. The van der Waals surface area contributed by atoms with E-state index in [2.05, 4.69) is 20.5 Å². The molecule has 0 aliphatic rings. The van der Waals surface area contributed by atoms with Crippen molar-refractivity contribution in [2.45, 2.75) is 6.54 Å². The van der Waals surface area contributed by atoms with Crippen molar-refractivity contribution in [3.05, 3.63) is 71.9 Å². The molecule has 3 aromatic rings. The highest BCUT2D eigenvalue weighted by molar-refractivity contribution is 5.90. The number of nitrogens with zero attached hydrogens (tertiary/aromatic N) is 4. The first-order valence-corrected chi connectivity index (χ1v) is 8.06. The van der Waals surface area contributed by atoms with Crippen LogP contribution in [0.15, 0.2) is 60.8 Å². The molecule has 0 spiro atoms. The van der Waals surface area contributed by atoms with E-state index in [0.717, 1.165) is 5.56 Å². The van der Waals surface area contributed by atoms with E-state index in [1.165, 1.54) is 13.3 Å². The molecule has 3 rings (SSSR count). The standard InChI is InChI=1S/C19H19N5O2/c1-24(13-14-7-4-3-5-8-14)19-22-17(12-20-23-19)21-16-10-6-9-15(11-16)18(25)26-2/h3-12H,13H2,1-2H3,(H,21,22,23). The third kappa shape index (κ3) is 4.32. The van der Waals surface area contributed by atoms with Crippen LogP contribution in [0.2, 0.25) is 0 Å². The number of aromatic nitrogens is 3. The Morgan fingerprint density at radius 1 is 1.15 bits per heavy atom. The zero-order chi connectivity index (χ0) is 18.4. The van der Waals surface area contributed by atoms with Crippen LogP contribution in [-0.4, -0.2) is 35.3 Å². The summed E-state index contributed by atoms with van der Waals surface area (Å²) < 4.78 is 4.74. The van der Waals surface area contributed by atoms with Gasteiger partial charge < -0.3 is 15.0 Å². The van der Waals surface area contributed by atoms with E-state index in [1.807, 2.05) is 48.3 Å². The van der Waals surface area contributed by atoms with Crippen molar-refractivity contribution < 1.29 is 9.53 Å². The Morgan fingerprint density at radius 2 is 1.96 bits per heavy atom. The van der Waals surface area contributed by atoms with Gasteiger partial charge in [0.2, 0.25) is 5.95 Å². The summed E-state index contributed by atoms with van der Waals surface area (Å²) >= 11 is 0. The number of hydrogen-bond donors (Lipinski definition) is 1. The van der Waals surface area contributed by atoms with Gasteiger partial charge in [-0.25, -0.2) is 4.79 Å². The lowest BCUT2D eigenvalue weighted by Gasteiger charge is -2.17. The second-order valence-corrected chi connectivity index (χ2v) is 5.68. The van der Waals surface area contributed by atoms with Gasteiger partial charge in [0.15, 0.2) is 5.82 Å². The van der Waals surface area contributed by atoms with E-state index in [0.29, 0.717) is 29.6 Å². The molecule has 1 aromatic heterocycles. The number of anilines is 3. The Bertz CT molecular complexity index is 886. The van der Waals surface area contributed by atoms with E-state index < -0.39 is 5.97 Å². The van der Waals surface area contributed by atoms with Gasteiger partial charge in [-0.3, -0.25) is 0 Å². The minimum atomic E-state index is -0.391. The summed E-state index contributed by atoms with van der Waals surface area (Å²) in [5.74, 6) is 0.651. The highest BCUT2D eigenvalue weighted by atomic mass is 16.5. The molecule has 0 saturated carbocycles. The van der Waals surface area contributed by atoms with Crippen LogP contribution in [0.3, 0.4) is 0 Å². The van der Waals surface area contributed by atoms with Crippen molar-refractivity contribution in [2.24, 2.45) is 0 Å². The average molecular weight is 349 g/mol. The van der Waals surface area contributed by atoms with Gasteiger partial charge >= 0.3 is 5.97 Å². The Balaban J connectivity index is 1.74. The van der Waals surface area contributed by atoms with Crippen LogP contribution in [0.5, 0.6) is 0 Å². The van der Waals surface area contributed by atoms with Gasteiger partial charge in [-0.05, 0) is 23.8 Å². The Labute approximate surface area is 151 Å². The second kappa shape index (κ2) is 8.06. The first-order valence-electron chi connectivity index (χ1n) is 8.06. The molecular weight excluding hydrogens is 330 g/mol. The van der Waals surface area contributed by atoms with E-state index in [1.54, 1.807) is 18.2 Å². The molecule has 1 N–H and O–H groups in total. The summed E-state index contributed by atoms with van der Waals surface area (Å²) in [5, 5.41) is 11.2. The highest BCUT2D eigenvalue weighted by Crippen LogP contribution is 2.18. The predicted octanol–water partition coefficient (Wildman–Crippen LogP) is 3.04. The summed E-state index contributed by atoms with van der Waals surface area (Å²) in [6.45, 7) is 0.670. The Kier molecular flexibility index (Phi) is 5.38. The molecule has 0 atom stereocenters. The van der Waals surface area contributed by atoms with Crippen molar-refractivity contribution >= 4 is 23.4 Å². The molecule has 0 bridgehead atoms. The number of rotatable bonds is 6. The minimum Gasteiger partial charge on any atom is -0.465 e. The molecule has 7 nitrogen and oxygen atoms in total. The number of esters is 1. The number of carbonyl (C=O) groups excluding carboxylic acids is 1. The van der Waals surface area contributed by atoms with E-state index in [4.69, 9.17) is 4.74 Å². The lowest BCUT2D eigenvalue weighted by molar-refractivity contribution is 0.0601. The van der Waals surface area contributed by atoms with Gasteiger partial charge in [-0.15, -0.1) is 5.10 Å². The van der Waals surface area contributed by atoms with Gasteiger partial charge in [0, 0.05) is 19.3 Å². The van der Waals surface area contributed by atoms with E-state index >= 15 is 0 Å². The summed E-state index contributed by atoms with van der Waals surface area (Å²) in [4.78, 5) is 18.0. The van der Waals surface area contributed by atoms with Crippen LogP contribution in [0.4, 0.5) is 17.5 Å². The number of hydrogen-bond acceptors (Lipinski definition) is 7. The second-order valence-electron chi connectivity index (χ2n) is 5.68. The predicted molar refractivity (Wildman–Crippen MR) is 99.4 cm³/mol. The maximum Gasteiger partial charge on any atom is 0.337 e. The number of carbonyl (C=O) groups is 1. The Morgan fingerprint density at radius 3 is 2.73 bits per heavy atom. The molecule has 7 heteroatoms. The van der Waals surface area contributed by atoms with E-state index in [-0.39, 0.29) is 0 Å². The third-order valence-electron chi connectivity index (χ3n) is 3.71. The first kappa shape index (κ1) is 17.3. The van der Waals surface area contributed by atoms with Crippen molar-refractivity contribution in [2.75, 3.05) is 24.4 Å². The topological polar surface area (TPSA) is 80.2 Å². The van der Waals surface area contributed by atoms with Gasteiger partial charge in [0.25, 0.3) is 0 Å². The van der Waals surface area contributed by atoms with Gasteiger partial charge in [-0.2, -0.15) is 10.1 Å². The largest absolute Gasteiger partial charge is 0.465 e. The fraction of sp³-hybridized carbons (Fsp3) is 0.158. The Hall–Kier alpha value is -3.48. The SMILES string of the molecule is COC(=O)c1cccc(Nc2cnnc(N(C)Cc3ccccc3)n2)c1. The first-order chi connectivity index (χ1) is 12.7. The molecule has 2 aromatic carbocycles. The normalized spacial score (nSPS) is 10.2. The molecule has 1 heterocycles. The van der Waals surface area contributed by atoms with Crippen LogP contribution < -0.4 is 10.2 Å². The van der Waals surface area contributed by atoms with Crippen molar-refractivity contribution in [1.29, 1.82) is 0 Å². The van der Waals surface area contributed by atoms with Crippen LogP contribution in [-0.2, 0) is 11.3 Å². The van der Waals surface area contributed by atoms with Gasteiger partial charge in [-0.1, -0.05) is 36.4 Å². The fourth-order valence-corrected chi connectivity index (χ4v) is 2.43. The lowest BCUT2D eigenvalue weighted by atomic mass is 10.2. The summed E-state index contributed by atoms with van der Waals surface area (Å²) in [6.07, 6.45) is 1.53. The number of nitrogens with one attached hydrogen (secondary N) is 1. The van der Waals surface area contributed by atoms with E-state index in [9.17, 15) is 4.79 Å². The van der Waals surface area contributed by atoms with Gasteiger partial charge in [0.1, 0.15) is 0 Å². The maximum absolute atomic E-state index is 11.6. The summed E-state index contributed by atoms with van der Waals surface area (Å²) in [5.41, 5.74) is 2.33. The van der Waals surface area contributed by atoms with Crippen molar-refractivity contribution in [3.8, 4) is 0 Å². The van der Waals surface area contributed by atoms with Crippen molar-refractivity contribution in [3.63, 3.8) is 0 Å². The van der Waals surface area contributed by atoms with Gasteiger partial charge in [0.05, 0.1) is 18.9 Å². The molecule has 26 heavy (non-hydrogen) atoms. The molecular formula is C19H19N5O2. The molecule has 0 saturated heterocycles. The number of benzene rings is 2. The van der Waals surface area contributed by atoms with Crippen LogP contribution in [0, 0.1) is 0 Å². The number of ether oxygens (including phenoxy) is 1. The molecule has 0 amide bonds. The minimum absolute atomic E-state index is 0.391. The average Bonchev–Trinajstić information content (AvgIpc) is 2.68. The maximum atomic E-state index is 11.6. The zero-order valence-corrected chi connectivity index (χ0v) is 14.6. The van der Waals surface area contributed by atoms with Crippen LogP contribution in [0.25, 0.3) is 0 Å². The third-order valence-corrected chi connectivity index (χ3v) is 3.71. The van der Waals surface area contributed by atoms with Crippen LogP contribution >= 0.6 is 0 Å². The van der Waals surface area contributed by atoms with Crippen LogP contribution in [0.1, 0.15) is 15.9 Å². The molecule has 0 aliphatic heterocycles. The quantitative estimate of drug-likeness (QED) is 0.685. The molecule has 132 valence electrons. The number of methoxy groups -OCH3 is 1. The lowest BCUT2D eigenvalue weighted by Crippen LogP contribution is -2.19. The van der Waals surface area contributed by atoms with Crippen molar-refractivity contribution in [1.82, 2.24) is 15.2 Å².